The fourth-order valence-corrected chi connectivity index (χ4v) is 3.61. The Labute approximate surface area is 130 Å². The van der Waals surface area contributed by atoms with Gasteiger partial charge in [-0.05, 0) is 73.9 Å². The van der Waals surface area contributed by atoms with Gasteiger partial charge in [0, 0.05) is 0 Å². The van der Waals surface area contributed by atoms with Crippen LogP contribution in [-0.4, -0.2) is 20.2 Å². The molecule has 2 atom stereocenters. The molecule has 0 heterocycles. The molecule has 2 unspecified atom stereocenters. The number of ether oxygens (including phenoxy) is 1. The fourth-order valence-electron chi connectivity index (χ4n) is 3.61. The van der Waals surface area contributed by atoms with Crippen LogP contribution in [-0.2, 0) is 0 Å². The molecule has 0 aromatic heterocycles. The van der Waals surface area contributed by atoms with Crippen LogP contribution in [0.1, 0.15) is 56.6 Å². The molecule has 0 bridgehead atoms. The van der Waals surface area contributed by atoms with Crippen LogP contribution in [0.4, 0.5) is 0 Å². The highest BCUT2D eigenvalue weighted by Crippen LogP contribution is 2.39. The first kappa shape index (κ1) is 16.4. The average molecular weight is 289 g/mol. The van der Waals surface area contributed by atoms with Gasteiger partial charge in [-0.15, -0.1) is 0 Å². The molecule has 21 heavy (non-hydrogen) atoms. The van der Waals surface area contributed by atoms with E-state index in [4.69, 9.17) is 4.74 Å². The second-order valence-corrected chi connectivity index (χ2v) is 6.93. The summed E-state index contributed by atoms with van der Waals surface area (Å²) in [4.78, 5) is 0. The van der Waals surface area contributed by atoms with Crippen LogP contribution in [0.25, 0.3) is 0 Å². The second kappa shape index (κ2) is 7.84. The minimum atomic E-state index is 0.712. The predicted octanol–water partition coefficient (Wildman–Crippen LogP) is 4.52. The number of hydrogen-bond donors (Lipinski definition) is 1. The number of aryl methyl sites for hydroxylation is 1. The molecule has 2 nitrogen and oxygen atoms in total. The van der Waals surface area contributed by atoms with Gasteiger partial charge in [-0.25, -0.2) is 0 Å². The maximum absolute atomic E-state index is 5.34. The Morgan fingerprint density at radius 1 is 1.24 bits per heavy atom. The standard InChI is InChI=1S/C19H31NO/c1-14(2)12-20-13-16-7-5-6-8-19(16)18-10-9-17(21-4)11-15(18)3/h9-11,14,16,19-20H,5-8,12-13H2,1-4H3. The van der Waals surface area contributed by atoms with Crippen molar-refractivity contribution in [1.82, 2.24) is 5.32 Å². The summed E-state index contributed by atoms with van der Waals surface area (Å²) in [6, 6.07) is 6.59. The number of nitrogens with one attached hydrogen (secondary N) is 1. The van der Waals surface area contributed by atoms with Crippen LogP contribution in [0.15, 0.2) is 18.2 Å². The van der Waals surface area contributed by atoms with E-state index in [9.17, 15) is 0 Å². The Balaban J connectivity index is 2.07. The SMILES string of the molecule is COc1ccc(C2CCCCC2CNCC(C)C)c(C)c1. The van der Waals surface area contributed by atoms with E-state index >= 15 is 0 Å². The Hall–Kier alpha value is -1.02. The molecule has 0 spiro atoms. The number of rotatable bonds is 6. The normalized spacial score (nSPS) is 22.5. The Bertz CT molecular complexity index is 441. The quantitative estimate of drug-likeness (QED) is 0.831. The maximum atomic E-state index is 5.34. The molecule has 0 radical (unpaired) electrons. The third-order valence-electron chi connectivity index (χ3n) is 4.74. The molecule has 1 aliphatic rings. The zero-order valence-electron chi connectivity index (χ0n) is 14.1. The van der Waals surface area contributed by atoms with Crippen molar-refractivity contribution in [1.29, 1.82) is 0 Å². The lowest BCUT2D eigenvalue weighted by atomic mass is 9.74. The van der Waals surface area contributed by atoms with Crippen molar-refractivity contribution in [2.45, 2.75) is 52.4 Å². The van der Waals surface area contributed by atoms with Gasteiger partial charge in [-0.1, -0.05) is 32.8 Å². The molecule has 0 saturated heterocycles. The van der Waals surface area contributed by atoms with Gasteiger partial charge < -0.3 is 10.1 Å². The van der Waals surface area contributed by atoms with E-state index in [-0.39, 0.29) is 0 Å². The molecule has 1 fully saturated rings. The van der Waals surface area contributed by atoms with Crippen molar-refractivity contribution >= 4 is 0 Å². The summed E-state index contributed by atoms with van der Waals surface area (Å²) < 4.78 is 5.34. The molecule has 1 N–H and O–H groups in total. The third-order valence-corrected chi connectivity index (χ3v) is 4.74. The predicted molar refractivity (Wildman–Crippen MR) is 90.1 cm³/mol. The Morgan fingerprint density at radius 2 is 2.00 bits per heavy atom. The molecule has 2 rings (SSSR count). The van der Waals surface area contributed by atoms with Gasteiger partial charge in [-0.3, -0.25) is 0 Å². The lowest BCUT2D eigenvalue weighted by molar-refractivity contribution is 0.291. The summed E-state index contributed by atoms with van der Waals surface area (Å²) in [5, 5.41) is 3.67. The highest BCUT2D eigenvalue weighted by atomic mass is 16.5. The molecule has 0 aliphatic heterocycles. The minimum Gasteiger partial charge on any atom is -0.497 e. The highest BCUT2D eigenvalue weighted by Gasteiger charge is 2.27. The summed E-state index contributed by atoms with van der Waals surface area (Å²) in [6.45, 7) is 9.07. The number of methoxy groups -OCH3 is 1. The first-order chi connectivity index (χ1) is 10.1. The molecule has 1 saturated carbocycles. The Kier molecular flexibility index (Phi) is 6.10. The second-order valence-electron chi connectivity index (χ2n) is 6.93. The minimum absolute atomic E-state index is 0.712. The summed E-state index contributed by atoms with van der Waals surface area (Å²) in [5.74, 6) is 3.20. The average Bonchev–Trinajstić information content (AvgIpc) is 2.47. The smallest absolute Gasteiger partial charge is 0.119 e. The van der Waals surface area contributed by atoms with Gasteiger partial charge in [0.05, 0.1) is 7.11 Å². The Morgan fingerprint density at radius 3 is 2.67 bits per heavy atom. The van der Waals surface area contributed by atoms with Crippen LogP contribution in [0.3, 0.4) is 0 Å². The van der Waals surface area contributed by atoms with Crippen LogP contribution >= 0.6 is 0 Å². The lowest BCUT2D eigenvalue weighted by Gasteiger charge is -2.33. The first-order valence-electron chi connectivity index (χ1n) is 8.47. The van der Waals surface area contributed by atoms with Gasteiger partial charge >= 0.3 is 0 Å². The summed E-state index contributed by atoms with van der Waals surface area (Å²) in [5.41, 5.74) is 2.92. The van der Waals surface area contributed by atoms with Gasteiger partial charge in [-0.2, -0.15) is 0 Å². The van der Waals surface area contributed by atoms with E-state index < -0.39 is 0 Å². The fraction of sp³-hybridized carbons (Fsp3) is 0.684. The molecule has 0 amide bonds. The van der Waals surface area contributed by atoms with Gasteiger partial charge in [0.25, 0.3) is 0 Å². The van der Waals surface area contributed by atoms with Crippen molar-refractivity contribution in [3.8, 4) is 5.75 Å². The molecule has 118 valence electrons. The molecule has 1 aromatic carbocycles. The lowest BCUT2D eigenvalue weighted by Crippen LogP contribution is -2.31. The summed E-state index contributed by atoms with van der Waals surface area (Å²) in [7, 11) is 1.74. The van der Waals surface area contributed by atoms with Crippen LogP contribution in [0.5, 0.6) is 5.75 Å². The van der Waals surface area contributed by atoms with Crippen molar-refractivity contribution in [2.75, 3.05) is 20.2 Å². The van der Waals surface area contributed by atoms with Gasteiger partial charge in [0.2, 0.25) is 0 Å². The largest absolute Gasteiger partial charge is 0.497 e. The zero-order chi connectivity index (χ0) is 15.2. The molecule has 1 aromatic rings. The molecule has 1 aliphatic carbocycles. The first-order valence-corrected chi connectivity index (χ1v) is 8.47. The van der Waals surface area contributed by atoms with Crippen molar-refractivity contribution in [3.63, 3.8) is 0 Å². The van der Waals surface area contributed by atoms with Crippen LogP contribution in [0.2, 0.25) is 0 Å². The van der Waals surface area contributed by atoms with Gasteiger partial charge in [0.15, 0.2) is 0 Å². The van der Waals surface area contributed by atoms with E-state index in [1.165, 1.54) is 36.8 Å². The van der Waals surface area contributed by atoms with Crippen molar-refractivity contribution in [3.05, 3.63) is 29.3 Å². The van der Waals surface area contributed by atoms with E-state index in [1.807, 2.05) is 0 Å². The topological polar surface area (TPSA) is 21.3 Å². The highest BCUT2D eigenvalue weighted by molar-refractivity contribution is 5.37. The van der Waals surface area contributed by atoms with Crippen molar-refractivity contribution in [2.24, 2.45) is 11.8 Å². The summed E-state index contributed by atoms with van der Waals surface area (Å²) in [6.07, 6.45) is 5.46. The van der Waals surface area contributed by atoms with Crippen LogP contribution in [0, 0.1) is 18.8 Å². The van der Waals surface area contributed by atoms with Crippen molar-refractivity contribution < 1.29 is 4.74 Å². The molecule has 2 heteroatoms. The number of hydrogen-bond acceptors (Lipinski definition) is 2. The number of benzene rings is 1. The molecular formula is C19H31NO. The van der Waals surface area contributed by atoms with Crippen LogP contribution < -0.4 is 10.1 Å². The van der Waals surface area contributed by atoms with E-state index in [0.29, 0.717) is 5.92 Å². The van der Waals surface area contributed by atoms with E-state index in [0.717, 1.165) is 30.7 Å². The monoisotopic (exact) mass is 289 g/mol. The zero-order valence-corrected chi connectivity index (χ0v) is 14.1. The van der Waals surface area contributed by atoms with E-state index in [2.05, 4.69) is 44.3 Å². The van der Waals surface area contributed by atoms with E-state index in [1.54, 1.807) is 7.11 Å². The van der Waals surface area contributed by atoms with Gasteiger partial charge in [0.1, 0.15) is 5.75 Å². The molecular weight excluding hydrogens is 258 g/mol. The maximum Gasteiger partial charge on any atom is 0.119 e. The third kappa shape index (κ3) is 4.47. The summed E-state index contributed by atoms with van der Waals surface area (Å²) >= 11 is 0.